The van der Waals surface area contributed by atoms with Gasteiger partial charge in [0.15, 0.2) is 0 Å². The molecule has 2 aliphatic heterocycles. The molecule has 1 amide bonds. The fraction of sp³-hybridized carbons (Fsp3) is 0.750. The summed E-state index contributed by atoms with van der Waals surface area (Å²) in [6.07, 6.45) is 4.23. The molecule has 7 nitrogen and oxygen atoms in total. The van der Waals surface area contributed by atoms with Crippen LogP contribution in [-0.4, -0.2) is 45.9 Å². The molecule has 1 aromatic rings. The van der Waals surface area contributed by atoms with Crippen LogP contribution in [0, 0.1) is 0 Å². The summed E-state index contributed by atoms with van der Waals surface area (Å²) in [6.45, 7) is 2.44. The average molecular weight is 266 g/mol. The second-order valence-corrected chi connectivity index (χ2v) is 5.11. The number of likely N-dealkylation sites (tertiary alicyclic amines) is 1. The quantitative estimate of drug-likeness (QED) is 0.880. The predicted octanol–water partition coefficient (Wildman–Crippen LogP) is 1.87. The summed E-state index contributed by atoms with van der Waals surface area (Å²) in [5.41, 5.74) is 0. The van der Waals surface area contributed by atoms with Crippen LogP contribution in [0.1, 0.15) is 44.0 Å². The first-order valence-electron chi connectivity index (χ1n) is 6.84. The molecule has 1 atom stereocenters. The van der Waals surface area contributed by atoms with Crippen molar-refractivity contribution in [1.29, 1.82) is 0 Å². The smallest absolute Gasteiger partial charge is 0.407 e. The molecule has 0 aromatic carbocycles. The van der Waals surface area contributed by atoms with Gasteiger partial charge in [-0.25, -0.2) is 4.79 Å². The van der Waals surface area contributed by atoms with Gasteiger partial charge in [-0.2, -0.15) is 4.98 Å². The Morgan fingerprint density at radius 1 is 1.21 bits per heavy atom. The Kier molecular flexibility index (Phi) is 3.27. The maximum atomic E-state index is 11.1. The lowest BCUT2D eigenvalue weighted by Gasteiger charge is -2.24. The fourth-order valence-corrected chi connectivity index (χ4v) is 2.84. The molecule has 0 bridgehead atoms. The highest BCUT2D eigenvalue weighted by Gasteiger charge is 2.34. The van der Waals surface area contributed by atoms with Gasteiger partial charge in [0.25, 0.3) is 11.8 Å². The normalized spacial score (nSPS) is 23.9. The first-order chi connectivity index (χ1) is 9.25. The lowest BCUT2D eigenvalue weighted by Crippen LogP contribution is -2.31. The molecule has 3 heterocycles. The molecule has 0 spiro atoms. The highest BCUT2D eigenvalue weighted by Crippen LogP contribution is 2.31. The van der Waals surface area contributed by atoms with Crippen LogP contribution >= 0.6 is 0 Å². The summed E-state index contributed by atoms with van der Waals surface area (Å²) >= 11 is 0. The van der Waals surface area contributed by atoms with E-state index in [0.717, 1.165) is 38.8 Å². The van der Waals surface area contributed by atoms with Crippen LogP contribution in [0.15, 0.2) is 4.52 Å². The Morgan fingerprint density at radius 3 is 2.74 bits per heavy atom. The summed E-state index contributed by atoms with van der Waals surface area (Å²) in [7, 11) is 0. The Balaban J connectivity index is 1.75. The zero-order chi connectivity index (χ0) is 13.2. The SMILES string of the molecule is O=C(O)N1CCC[C@H]1c1nc(N2CCCCC2)no1. The molecule has 104 valence electrons. The fourth-order valence-electron chi connectivity index (χ4n) is 2.84. The summed E-state index contributed by atoms with van der Waals surface area (Å²) in [6, 6.07) is -0.274. The maximum Gasteiger partial charge on any atom is 0.407 e. The number of anilines is 1. The molecule has 0 unspecified atom stereocenters. The van der Waals surface area contributed by atoms with E-state index in [0.29, 0.717) is 18.4 Å². The predicted molar refractivity (Wildman–Crippen MR) is 67.1 cm³/mol. The van der Waals surface area contributed by atoms with Crippen molar-refractivity contribution in [2.45, 2.75) is 38.1 Å². The third kappa shape index (κ3) is 2.36. The van der Waals surface area contributed by atoms with Crippen molar-refractivity contribution in [3.8, 4) is 0 Å². The molecule has 2 fully saturated rings. The van der Waals surface area contributed by atoms with E-state index < -0.39 is 6.09 Å². The third-order valence-electron chi connectivity index (χ3n) is 3.85. The van der Waals surface area contributed by atoms with E-state index in [2.05, 4.69) is 15.0 Å². The molecule has 1 aromatic heterocycles. The highest BCUT2D eigenvalue weighted by atomic mass is 16.5. The summed E-state index contributed by atoms with van der Waals surface area (Å²) < 4.78 is 5.27. The number of rotatable bonds is 2. The summed E-state index contributed by atoms with van der Waals surface area (Å²) in [5.74, 6) is 1.03. The average Bonchev–Trinajstić information content (AvgIpc) is 3.08. The molecule has 7 heteroatoms. The van der Waals surface area contributed by atoms with Crippen molar-refractivity contribution in [2.75, 3.05) is 24.5 Å². The van der Waals surface area contributed by atoms with Crippen molar-refractivity contribution < 1.29 is 14.4 Å². The maximum absolute atomic E-state index is 11.1. The van der Waals surface area contributed by atoms with E-state index in [9.17, 15) is 4.79 Å². The van der Waals surface area contributed by atoms with E-state index in [-0.39, 0.29) is 6.04 Å². The molecule has 2 saturated heterocycles. The van der Waals surface area contributed by atoms with Crippen LogP contribution in [-0.2, 0) is 0 Å². The molecule has 0 radical (unpaired) electrons. The topological polar surface area (TPSA) is 82.7 Å². The zero-order valence-corrected chi connectivity index (χ0v) is 10.8. The van der Waals surface area contributed by atoms with Crippen molar-refractivity contribution in [3.05, 3.63) is 5.89 Å². The number of piperidine rings is 1. The zero-order valence-electron chi connectivity index (χ0n) is 10.8. The molecular formula is C12H18N4O3. The summed E-state index contributed by atoms with van der Waals surface area (Å²) in [4.78, 5) is 19.0. The first kappa shape index (κ1) is 12.3. The second kappa shape index (κ2) is 5.07. The number of nitrogens with zero attached hydrogens (tertiary/aromatic N) is 4. The van der Waals surface area contributed by atoms with Crippen molar-refractivity contribution >= 4 is 12.0 Å². The molecule has 3 rings (SSSR count). The van der Waals surface area contributed by atoms with E-state index in [1.165, 1.54) is 11.3 Å². The van der Waals surface area contributed by atoms with E-state index >= 15 is 0 Å². The standard InChI is InChI=1S/C12H18N4O3/c17-12(18)16-8-4-5-9(16)10-13-11(14-19-10)15-6-2-1-3-7-15/h9H,1-8H2,(H,17,18)/t9-/m0/s1. The molecule has 0 saturated carbocycles. The van der Waals surface area contributed by atoms with Crippen LogP contribution in [0.3, 0.4) is 0 Å². The highest BCUT2D eigenvalue weighted by molar-refractivity contribution is 5.65. The van der Waals surface area contributed by atoms with Crippen molar-refractivity contribution in [1.82, 2.24) is 15.0 Å². The Bertz CT molecular complexity index is 456. The van der Waals surface area contributed by atoms with Crippen LogP contribution in [0.4, 0.5) is 10.7 Å². The van der Waals surface area contributed by atoms with E-state index in [4.69, 9.17) is 9.63 Å². The molecule has 19 heavy (non-hydrogen) atoms. The number of hydrogen-bond donors (Lipinski definition) is 1. The Labute approximate surface area is 111 Å². The lowest BCUT2D eigenvalue weighted by molar-refractivity contribution is 0.131. The number of carbonyl (C=O) groups is 1. The minimum absolute atomic E-state index is 0.274. The van der Waals surface area contributed by atoms with Crippen LogP contribution in [0.5, 0.6) is 0 Å². The molecule has 0 aliphatic carbocycles. The summed E-state index contributed by atoms with van der Waals surface area (Å²) in [5, 5.41) is 13.1. The van der Waals surface area contributed by atoms with E-state index in [1.54, 1.807) is 0 Å². The van der Waals surface area contributed by atoms with Crippen LogP contribution in [0.2, 0.25) is 0 Å². The van der Waals surface area contributed by atoms with Gasteiger partial charge in [-0.1, -0.05) is 0 Å². The lowest BCUT2D eigenvalue weighted by atomic mass is 10.1. The largest absolute Gasteiger partial charge is 0.465 e. The van der Waals surface area contributed by atoms with Gasteiger partial charge in [0.05, 0.1) is 0 Å². The Hall–Kier alpha value is -1.79. The van der Waals surface area contributed by atoms with Crippen molar-refractivity contribution in [3.63, 3.8) is 0 Å². The van der Waals surface area contributed by atoms with Gasteiger partial charge < -0.3 is 14.5 Å². The van der Waals surface area contributed by atoms with Gasteiger partial charge >= 0.3 is 6.09 Å². The van der Waals surface area contributed by atoms with Crippen LogP contribution in [0.25, 0.3) is 0 Å². The van der Waals surface area contributed by atoms with Gasteiger partial charge in [-0.05, 0) is 37.3 Å². The molecular weight excluding hydrogens is 248 g/mol. The van der Waals surface area contributed by atoms with Gasteiger partial charge in [0, 0.05) is 19.6 Å². The Morgan fingerprint density at radius 2 is 2.00 bits per heavy atom. The minimum atomic E-state index is -0.916. The van der Waals surface area contributed by atoms with Gasteiger partial charge in [-0.3, -0.25) is 4.90 Å². The number of amides is 1. The van der Waals surface area contributed by atoms with Crippen LogP contribution < -0.4 is 4.90 Å². The van der Waals surface area contributed by atoms with E-state index in [1.807, 2.05) is 0 Å². The number of aromatic nitrogens is 2. The van der Waals surface area contributed by atoms with Gasteiger partial charge in [0.1, 0.15) is 6.04 Å². The minimum Gasteiger partial charge on any atom is -0.465 e. The monoisotopic (exact) mass is 266 g/mol. The third-order valence-corrected chi connectivity index (χ3v) is 3.85. The second-order valence-electron chi connectivity index (χ2n) is 5.11. The van der Waals surface area contributed by atoms with Gasteiger partial charge in [-0.15, -0.1) is 0 Å². The van der Waals surface area contributed by atoms with Gasteiger partial charge in [0.2, 0.25) is 0 Å². The first-order valence-corrected chi connectivity index (χ1v) is 6.84. The molecule has 1 N–H and O–H groups in total. The molecule has 2 aliphatic rings. The number of hydrogen-bond acceptors (Lipinski definition) is 5. The van der Waals surface area contributed by atoms with Crippen molar-refractivity contribution in [2.24, 2.45) is 0 Å². The number of carboxylic acid groups (broad SMARTS) is 1.